The van der Waals surface area contributed by atoms with Gasteiger partial charge in [0.05, 0.1) is 11.2 Å². The Morgan fingerprint density at radius 2 is 1.89 bits per heavy atom. The number of carbonyl (C=O) groups is 1. The molecule has 0 radical (unpaired) electrons. The second kappa shape index (κ2) is 3.98. The van der Waals surface area contributed by atoms with E-state index >= 15 is 0 Å². The molecule has 0 aliphatic rings. The van der Waals surface area contributed by atoms with Crippen LogP contribution in [0.2, 0.25) is 0 Å². The molecule has 4 nitrogen and oxygen atoms in total. The van der Waals surface area contributed by atoms with Crippen molar-refractivity contribution in [1.82, 2.24) is 4.98 Å². The molecule has 0 aliphatic carbocycles. The third-order valence-corrected chi connectivity index (χ3v) is 2.82. The van der Waals surface area contributed by atoms with Gasteiger partial charge in [0.15, 0.2) is 0 Å². The number of pyridine rings is 1. The van der Waals surface area contributed by atoms with Gasteiger partial charge in [-0.1, -0.05) is 32.9 Å². The summed E-state index contributed by atoms with van der Waals surface area (Å²) in [6.45, 7) is 5.78. The molecular weight excluding hydrogens is 228 g/mol. The summed E-state index contributed by atoms with van der Waals surface area (Å²) >= 11 is 0. The molecule has 94 valence electrons. The zero-order valence-electron chi connectivity index (χ0n) is 10.7. The minimum absolute atomic E-state index is 0.0852. The van der Waals surface area contributed by atoms with E-state index in [4.69, 9.17) is 5.73 Å². The lowest BCUT2D eigenvalue weighted by molar-refractivity contribution is 0.0995. The molecule has 0 atom stereocenters. The molecule has 0 unspecified atom stereocenters. The molecule has 2 rings (SSSR count). The van der Waals surface area contributed by atoms with E-state index in [1.165, 1.54) is 0 Å². The van der Waals surface area contributed by atoms with Gasteiger partial charge in [0, 0.05) is 10.8 Å². The van der Waals surface area contributed by atoms with E-state index in [0.717, 1.165) is 0 Å². The normalized spacial score (nSPS) is 11.7. The van der Waals surface area contributed by atoms with E-state index in [1.54, 1.807) is 18.2 Å². The average Bonchev–Trinajstić information content (AvgIpc) is 2.27. The van der Waals surface area contributed by atoms with Gasteiger partial charge < -0.3 is 10.8 Å². The summed E-state index contributed by atoms with van der Waals surface area (Å²) in [5.41, 5.74) is 6.28. The Balaban J connectivity index is 2.93. The average molecular weight is 244 g/mol. The van der Waals surface area contributed by atoms with Crippen LogP contribution in [0.25, 0.3) is 10.9 Å². The van der Waals surface area contributed by atoms with Gasteiger partial charge in [-0.15, -0.1) is 0 Å². The van der Waals surface area contributed by atoms with Gasteiger partial charge in [-0.3, -0.25) is 9.78 Å². The van der Waals surface area contributed by atoms with Crippen LogP contribution in [-0.4, -0.2) is 16.0 Å². The summed E-state index contributed by atoms with van der Waals surface area (Å²) in [4.78, 5) is 16.0. The highest BCUT2D eigenvalue weighted by Crippen LogP contribution is 2.34. The second-order valence-corrected chi connectivity index (χ2v) is 5.32. The second-order valence-electron chi connectivity index (χ2n) is 5.32. The van der Waals surface area contributed by atoms with E-state index in [2.05, 4.69) is 4.98 Å². The summed E-state index contributed by atoms with van der Waals surface area (Å²) < 4.78 is 0. The van der Waals surface area contributed by atoms with E-state index in [1.807, 2.05) is 26.8 Å². The Morgan fingerprint density at radius 1 is 1.28 bits per heavy atom. The van der Waals surface area contributed by atoms with Crippen molar-refractivity contribution in [2.75, 3.05) is 0 Å². The van der Waals surface area contributed by atoms with Crippen molar-refractivity contribution in [2.45, 2.75) is 26.2 Å². The van der Waals surface area contributed by atoms with E-state index < -0.39 is 5.91 Å². The quantitative estimate of drug-likeness (QED) is 0.808. The number of para-hydroxylation sites is 1. The Hall–Kier alpha value is -2.10. The Labute approximate surface area is 105 Å². The molecule has 0 saturated carbocycles. The number of nitrogens with zero attached hydrogens (tertiary/aromatic N) is 1. The number of nitrogens with two attached hydrogens (primary N) is 1. The largest absolute Gasteiger partial charge is 0.506 e. The Kier molecular flexibility index (Phi) is 2.73. The molecule has 0 fully saturated rings. The number of carbonyl (C=O) groups excluding carboxylic acids is 1. The van der Waals surface area contributed by atoms with Gasteiger partial charge >= 0.3 is 0 Å². The minimum Gasteiger partial charge on any atom is -0.506 e. The van der Waals surface area contributed by atoms with Crippen LogP contribution in [0.1, 0.15) is 36.8 Å². The van der Waals surface area contributed by atoms with Crippen LogP contribution in [0.5, 0.6) is 5.75 Å². The number of hydrogen-bond donors (Lipinski definition) is 2. The maximum atomic E-state index is 11.6. The maximum Gasteiger partial charge on any atom is 0.254 e. The van der Waals surface area contributed by atoms with Gasteiger partial charge in [0.1, 0.15) is 11.3 Å². The SMILES string of the molecule is CC(C)(C)c1nc2ccccc2c(O)c1C(N)=O. The van der Waals surface area contributed by atoms with Crippen LogP contribution in [0.15, 0.2) is 24.3 Å². The lowest BCUT2D eigenvalue weighted by Gasteiger charge is -2.22. The number of fused-ring (bicyclic) bond motifs is 1. The smallest absolute Gasteiger partial charge is 0.254 e. The van der Waals surface area contributed by atoms with Gasteiger partial charge in [-0.2, -0.15) is 0 Å². The third-order valence-electron chi connectivity index (χ3n) is 2.82. The fraction of sp³-hybridized carbons (Fsp3) is 0.286. The summed E-state index contributed by atoms with van der Waals surface area (Å²) in [6, 6.07) is 7.14. The highest BCUT2D eigenvalue weighted by Gasteiger charge is 2.26. The number of aromatic nitrogens is 1. The first-order valence-electron chi connectivity index (χ1n) is 5.74. The molecule has 1 aromatic carbocycles. The number of hydrogen-bond acceptors (Lipinski definition) is 3. The lowest BCUT2D eigenvalue weighted by atomic mass is 9.87. The van der Waals surface area contributed by atoms with Gasteiger partial charge in [0.25, 0.3) is 5.91 Å². The van der Waals surface area contributed by atoms with Gasteiger partial charge in [0.2, 0.25) is 0 Å². The number of benzene rings is 1. The first-order valence-corrected chi connectivity index (χ1v) is 5.74. The Morgan fingerprint density at radius 3 is 2.44 bits per heavy atom. The highest BCUT2D eigenvalue weighted by atomic mass is 16.3. The maximum absolute atomic E-state index is 11.6. The molecule has 0 aliphatic heterocycles. The van der Waals surface area contributed by atoms with Crippen molar-refractivity contribution in [3.8, 4) is 5.75 Å². The van der Waals surface area contributed by atoms with Crippen molar-refractivity contribution < 1.29 is 9.90 Å². The summed E-state index contributed by atoms with van der Waals surface area (Å²) in [5.74, 6) is -0.742. The molecule has 1 aromatic heterocycles. The topological polar surface area (TPSA) is 76.2 Å². The first-order chi connectivity index (χ1) is 8.32. The molecule has 1 amide bonds. The van der Waals surface area contributed by atoms with Crippen LogP contribution in [0.4, 0.5) is 0 Å². The zero-order valence-corrected chi connectivity index (χ0v) is 10.7. The first kappa shape index (κ1) is 12.4. The standard InChI is InChI=1S/C14H16N2O2/c1-14(2,3)12-10(13(15)18)11(17)8-6-4-5-7-9(8)16-12/h4-7H,1-3H3,(H2,15,18)(H,16,17). The molecule has 18 heavy (non-hydrogen) atoms. The summed E-state index contributed by atoms with van der Waals surface area (Å²) in [5, 5.41) is 10.8. The Bertz CT molecular complexity index is 627. The summed E-state index contributed by atoms with van der Waals surface area (Å²) in [6.07, 6.45) is 0. The summed E-state index contributed by atoms with van der Waals surface area (Å²) in [7, 11) is 0. The zero-order chi connectivity index (χ0) is 13.5. The molecule has 0 saturated heterocycles. The van der Waals surface area contributed by atoms with Crippen LogP contribution < -0.4 is 5.73 Å². The van der Waals surface area contributed by atoms with Gasteiger partial charge in [-0.05, 0) is 12.1 Å². The van der Waals surface area contributed by atoms with E-state index in [0.29, 0.717) is 16.6 Å². The van der Waals surface area contributed by atoms with Crippen molar-refractivity contribution in [3.05, 3.63) is 35.5 Å². The monoisotopic (exact) mass is 244 g/mol. The number of primary amides is 1. The van der Waals surface area contributed by atoms with Crippen molar-refractivity contribution >= 4 is 16.8 Å². The molecule has 1 heterocycles. The lowest BCUT2D eigenvalue weighted by Crippen LogP contribution is -2.23. The molecule has 4 heteroatoms. The molecule has 2 aromatic rings. The van der Waals surface area contributed by atoms with E-state index in [-0.39, 0.29) is 16.7 Å². The van der Waals surface area contributed by atoms with Crippen molar-refractivity contribution in [3.63, 3.8) is 0 Å². The van der Waals surface area contributed by atoms with Crippen LogP contribution >= 0.6 is 0 Å². The minimum atomic E-state index is -0.657. The number of rotatable bonds is 1. The van der Waals surface area contributed by atoms with Crippen LogP contribution in [0.3, 0.4) is 0 Å². The van der Waals surface area contributed by atoms with Crippen molar-refractivity contribution in [2.24, 2.45) is 5.73 Å². The fourth-order valence-corrected chi connectivity index (χ4v) is 1.97. The predicted octanol–water partition coefficient (Wildman–Crippen LogP) is 2.34. The van der Waals surface area contributed by atoms with Crippen LogP contribution in [-0.2, 0) is 5.41 Å². The predicted molar refractivity (Wildman–Crippen MR) is 70.6 cm³/mol. The molecule has 0 bridgehead atoms. The van der Waals surface area contributed by atoms with Gasteiger partial charge in [-0.25, -0.2) is 0 Å². The van der Waals surface area contributed by atoms with E-state index in [9.17, 15) is 9.90 Å². The highest BCUT2D eigenvalue weighted by molar-refractivity contribution is 6.02. The molecule has 3 N–H and O–H groups in total. The molecular formula is C14H16N2O2. The number of aromatic hydroxyl groups is 1. The van der Waals surface area contributed by atoms with Crippen LogP contribution in [0, 0.1) is 0 Å². The van der Waals surface area contributed by atoms with Crippen molar-refractivity contribution in [1.29, 1.82) is 0 Å². The molecule has 0 spiro atoms. The number of amides is 1. The fourth-order valence-electron chi connectivity index (χ4n) is 1.97. The third kappa shape index (κ3) is 1.90.